The lowest BCUT2D eigenvalue weighted by Crippen LogP contribution is -2.30. The number of amides is 1. The summed E-state index contributed by atoms with van der Waals surface area (Å²) in [6.45, 7) is 0.372. The van der Waals surface area contributed by atoms with Crippen LogP contribution in [0.25, 0.3) is 0 Å². The third-order valence-electron chi connectivity index (χ3n) is 3.97. The molecule has 0 spiro atoms. The summed E-state index contributed by atoms with van der Waals surface area (Å²) in [7, 11) is 1.62. The number of aryl methyl sites for hydroxylation is 1. The Bertz CT molecular complexity index is 684. The molecule has 1 aliphatic carbocycles. The molecule has 5 nitrogen and oxygen atoms in total. The first kappa shape index (κ1) is 15.1. The van der Waals surface area contributed by atoms with Gasteiger partial charge < -0.3 is 10.1 Å². The average molecular weight is 320 g/mol. The summed E-state index contributed by atoms with van der Waals surface area (Å²) in [5, 5.41) is 10.6. The molecule has 0 bridgehead atoms. The Hall–Kier alpha value is -1.85. The number of aromatic amines is 1. The molecular weight excluding hydrogens is 302 g/mol. The van der Waals surface area contributed by atoms with Crippen LogP contribution in [0, 0.1) is 0 Å². The van der Waals surface area contributed by atoms with E-state index in [9.17, 15) is 4.79 Å². The number of carbonyl (C=O) groups excluding carboxylic acids is 1. The van der Waals surface area contributed by atoms with Gasteiger partial charge in [-0.05, 0) is 37.0 Å². The highest BCUT2D eigenvalue weighted by atomic mass is 35.5. The molecule has 116 valence electrons. The number of methoxy groups -OCH3 is 1. The topological polar surface area (TPSA) is 67.0 Å². The molecular formula is C16H18ClN3O2. The quantitative estimate of drug-likeness (QED) is 0.890. The van der Waals surface area contributed by atoms with Crippen molar-refractivity contribution in [3.63, 3.8) is 0 Å². The highest BCUT2D eigenvalue weighted by Crippen LogP contribution is 2.23. The molecule has 6 heteroatoms. The minimum Gasteiger partial charge on any atom is -0.375 e. The predicted molar refractivity (Wildman–Crippen MR) is 84.1 cm³/mol. The molecule has 2 aromatic rings. The van der Waals surface area contributed by atoms with Crippen molar-refractivity contribution in [3.05, 3.63) is 51.8 Å². The van der Waals surface area contributed by atoms with Gasteiger partial charge in [-0.1, -0.05) is 23.7 Å². The molecule has 22 heavy (non-hydrogen) atoms. The van der Waals surface area contributed by atoms with Crippen LogP contribution in [-0.4, -0.2) is 29.8 Å². The molecule has 1 amide bonds. The van der Waals surface area contributed by atoms with Crippen LogP contribution >= 0.6 is 11.6 Å². The standard InChI is InChI=1S/C16H18ClN3O2/c1-22-14(10-4-2-5-11(17)8-10)9-18-16(21)15-12-6-3-7-13(12)19-20-15/h2,4-5,8,14H,3,6-7,9H2,1H3,(H,18,21)(H,19,20)/t14-/m0/s1. The minimum atomic E-state index is -0.241. The van der Waals surface area contributed by atoms with E-state index in [0.29, 0.717) is 17.3 Å². The number of halogens is 1. The van der Waals surface area contributed by atoms with Gasteiger partial charge in [0.25, 0.3) is 5.91 Å². The fourth-order valence-corrected chi connectivity index (χ4v) is 3.02. The monoisotopic (exact) mass is 319 g/mol. The largest absolute Gasteiger partial charge is 0.375 e. The SMILES string of the molecule is CO[C@@H](CNC(=O)c1n[nH]c2c1CCC2)c1cccc(Cl)c1. The number of nitrogens with zero attached hydrogens (tertiary/aromatic N) is 1. The van der Waals surface area contributed by atoms with Crippen molar-refractivity contribution in [1.29, 1.82) is 0 Å². The van der Waals surface area contributed by atoms with E-state index in [1.54, 1.807) is 7.11 Å². The molecule has 3 rings (SSSR count). The Morgan fingerprint density at radius 2 is 2.36 bits per heavy atom. The van der Waals surface area contributed by atoms with Crippen molar-refractivity contribution >= 4 is 17.5 Å². The summed E-state index contributed by atoms with van der Waals surface area (Å²) in [5.74, 6) is -0.163. The van der Waals surface area contributed by atoms with Crippen molar-refractivity contribution in [3.8, 4) is 0 Å². The average Bonchev–Trinajstić information content (AvgIpc) is 3.10. The predicted octanol–water partition coefficient (Wildman–Crippen LogP) is 2.67. The normalized spacial score (nSPS) is 14.6. The van der Waals surface area contributed by atoms with Gasteiger partial charge in [-0.25, -0.2) is 0 Å². The molecule has 2 N–H and O–H groups in total. The van der Waals surface area contributed by atoms with E-state index in [1.165, 1.54) is 0 Å². The number of benzene rings is 1. The molecule has 1 aromatic carbocycles. The number of H-pyrrole nitrogens is 1. The zero-order valence-corrected chi connectivity index (χ0v) is 13.1. The summed E-state index contributed by atoms with van der Waals surface area (Å²) in [6.07, 6.45) is 2.72. The van der Waals surface area contributed by atoms with Gasteiger partial charge in [0.15, 0.2) is 5.69 Å². The summed E-state index contributed by atoms with van der Waals surface area (Å²) >= 11 is 6.00. The highest BCUT2D eigenvalue weighted by Gasteiger charge is 2.23. The highest BCUT2D eigenvalue weighted by molar-refractivity contribution is 6.30. The molecule has 0 unspecified atom stereocenters. The Morgan fingerprint density at radius 3 is 3.14 bits per heavy atom. The maximum atomic E-state index is 12.3. The first-order valence-corrected chi connectivity index (χ1v) is 7.69. The van der Waals surface area contributed by atoms with Gasteiger partial charge in [-0.15, -0.1) is 0 Å². The number of carbonyl (C=O) groups is 1. The van der Waals surface area contributed by atoms with Crippen LogP contribution in [0.5, 0.6) is 0 Å². The fraction of sp³-hybridized carbons (Fsp3) is 0.375. The lowest BCUT2D eigenvalue weighted by molar-refractivity contribution is 0.0823. The first-order chi connectivity index (χ1) is 10.7. The molecule has 1 atom stereocenters. The third kappa shape index (κ3) is 3.00. The molecule has 0 saturated carbocycles. The maximum absolute atomic E-state index is 12.3. The number of rotatable bonds is 5. The van der Waals surface area contributed by atoms with E-state index in [1.807, 2.05) is 24.3 Å². The Kier molecular flexibility index (Phi) is 4.45. The van der Waals surface area contributed by atoms with Crippen molar-refractivity contribution in [2.75, 3.05) is 13.7 Å². The van der Waals surface area contributed by atoms with Gasteiger partial charge in [-0.2, -0.15) is 5.10 Å². The van der Waals surface area contributed by atoms with E-state index < -0.39 is 0 Å². The van der Waals surface area contributed by atoms with Crippen LogP contribution < -0.4 is 5.32 Å². The van der Waals surface area contributed by atoms with Crippen LogP contribution in [0.4, 0.5) is 0 Å². The van der Waals surface area contributed by atoms with Crippen LogP contribution in [0.3, 0.4) is 0 Å². The Labute approximate surface area is 134 Å². The van der Waals surface area contributed by atoms with E-state index in [0.717, 1.165) is 36.1 Å². The maximum Gasteiger partial charge on any atom is 0.272 e. The molecule has 1 aliphatic rings. The van der Waals surface area contributed by atoms with Gasteiger partial charge >= 0.3 is 0 Å². The molecule has 0 aliphatic heterocycles. The zero-order valence-electron chi connectivity index (χ0n) is 12.4. The summed E-state index contributed by atoms with van der Waals surface area (Å²) < 4.78 is 5.45. The minimum absolute atomic E-state index is 0.163. The smallest absolute Gasteiger partial charge is 0.272 e. The van der Waals surface area contributed by atoms with E-state index in [4.69, 9.17) is 16.3 Å². The summed E-state index contributed by atoms with van der Waals surface area (Å²) in [6, 6.07) is 7.45. The van der Waals surface area contributed by atoms with E-state index in [-0.39, 0.29) is 12.0 Å². The van der Waals surface area contributed by atoms with Crippen molar-refractivity contribution in [1.82, 2.24) is 15.5 Å². The Morgan fingerprint density at radius 1 is 1.50 bits per heavy atom. The number of fused-ring (bicyclic) bond motifs is 1. The molecule has 1 heterocycles. The van der Waals surface area contributed by atoms with Gasteiger partial charge in [0.2, 0.25) is 0 Å². The fourth-order valence-electron chi connectivity index (χ4n) is 2.82. The van der Waals surface area contributed by atoms with Crippen LogP contribution in [-0.2, 0) is 17.6 Å². The second-order valence-electron chi connectivity index (χ2n) is 5.37. The number of aromatic nitrogens is 2. The lowest BCUT2D eigenvalue weighted by atomic mass is 10.1. The van der Waals surface area contributed by atoms with Gasteiger partial charge in [0.05, 0.1) is 6.10 Å². The van der Waals surface area contributed by atoms with Crippen LogP contribution in [0.15, 0.2) is 24.3 Å². The summed E-state index contributed by atoms with van der Waals surface area (Å²) in [4.78, 5) is 12.3. The molecule has 1 aromatic heterocycles. The van der Waals surface area contributed by atoms with Gasteiger partial charge in [-0.3, -0.25) is 9.89 Å². The van der Waals surface area contributed by atoms with Crippen molar-refractivity contribution in [2.45, 2.75) is 25.4 Å². The Balaban J connectivity index is 1.66. The van der Waals surface area contributed by atoms with Gasteiger partial charge in [0, 0.05) is 29.9 Å². The van der Waals surface area contributed by atoms with Crippen molar-refractivity contribution in [2.24, 2.45) is 0 Å². The third-order valence-corrected chi connectivity index (χ3v) is 4.21. The number of nitrogens with one attached hydrogen (secondary N) is 2. The molecule has 0 fully saturated rings. The lowest BCUT2D eigenvalue weighted by Gasteiger charge is -2.16. The molecule has 0 saturated heterocycles. The van der Waals surface area contributed by atoms with E-state index in [2.05, 4.69) is 15.5 Å². The van der Waals surface area contributed by atoms with Crippen LogP contribution in [0.1, 0.15) is 39.8 Å². The second-order valence-corrected chi connectivity index (χ2v) is 5.81. The molecule has 0 radical (unpaired) electrons. The zero-order chi connectivity index (χ0) is 15.5. The number of hydrogen-bond donors (Lipinski definition) is 2. The second kappa shape index (κ2) is 6.50. The number of ether oxygens (including phenoxy) is 1. The number of hydrogen-bond acceptors (Lipinski definition) is 3. The van der Waals surface area contributed by atoms with Crippen molar-refractivity contribution < 1.29 is 9.53 Å². The van der Waals surface area contributed by atoms with Crippen LogP contribution in [0.2, 0.25) is 5.02 Å². The summed E-state index contributed by atoms with van der Waals surface area (Å²) in [5.41, 5.74) is 3.58. The van der Waals surface area contributed by atoms with Gasteiger partial charge in [0.1, 0.15) is 0 Å². The van der Waals surface area contributed by atoms with E-state index >= 15 is 0 Å². The first-order valence-electron chi connectivity index (χ1n) is 7.31.